The molecule has 0 saturated carbocycles. The van der Waals surface area contributed by atoms with Gasteiger partial charge in [-0.2, -0.15) is 0 Å². The van der Waals surface area contributed by atoms with Crippen molar-refractivity contribution >= 4 is 17.2 Å². The summed E-state index contributed by atoms with van der Waals surface area (Å²) in [6.45, 7) is 0.345. The number of nitrogens with zero attached hydrogens (tertiary/aromatic N) is 3. The molecule has 0 saturated heterocycles. The molecule has 146 valence electrons. The zero-order valence-electron chi connectivity index (χ0n) is 15.8. The van der Waals surface area contributed by atoms with Crippen molar-refractivity contribution in [1.29, 1.82) is 0 Å². The molecule has 0 bridgehead atoms. The maximum Gasteiger partial charge on any atom is 0.331 e. The summed E-state index contributed by atoms with van der Waals surface area (Å²) in [6, 6.07) is 8.79. The first-order chi connectivity index (χ1) is 13.4. The summed E-state index contributed by atoms with van der Waals surface area (Å²) in [5, 5.41) is 5.57. The summed E-state index contributed by atoms with van der Waals surface area (Å²) in [7, 11) is 4.45. The molecule has 1 N–H and O–H groups in total. The van der Waals surface area contributed by atoms with E-state index < -0.39 is 17.2 Å². The van der Waals surface area contributed by atoms with Crippen molar-refractivity contribution < 1.29 is 9.53 Å². The number of benzene rings is 1. The van der Waals surface area contributed by atoms with Crippen LogP contribution in [0.25, 0.3) is 11.3 Å². The number of hydrogen-bond donors (Lipinski definition) is 1. The molecule has 0 aliphatic carbocycles. The van der Waals surface area contributed by atoms with Gasteiger partial charge in [-0.1, -0.05) is 0 Å². The van der Waals surface area contributed by atoms with Crippen molar-refractivity contribution in [1.82, 2.24) is 19.4 Å². The van der Waals surface area contributed by atoms with Gasteiger partial charge >= 0.3 is 5.69 Å². The molecule has 2 heterocycles. The third-order valence-electron chi connectivity index (χ3n) is 4.32. The number of nitrogens with one attached hydrogen (secondary N) is 1. The highest BCUT2D eigenvalue weighted by Gasteiger charge is 2.13. The Bertz CT molecular complexity index is 1110. The van der Waals surface area contributed by atoms with E-state index in [4.69, 9.17) is 4.74 Å². The Hall–Kier alpha value is -3.20. The van der Waals surface area contributed by atoms with E-state index in [-0.39, 0.29) is 5.69 Å². The first kappa shape index (κ1) is 19.6. The number of methoxy groups -OCH3 is 1. The molecular weight excluding hydrogens is 380 g/mol. The maximum absolute atomic E-state index is 12.3. The van der Waals surface area contributed by atoms with Crippen LogP contribution < -0.4 is 21.3 Å². The third kappa shape index (κ3) is 4.04. The fraction of sp³-hybridized carbons (Fsp3) is 0.263. The lowest BCUT2D eigenvalue weighted by molar-refractivity contribution is 0.0944. The summed E-state index contributed by atoms with van der Waals surface area (Å²) >= 11 is 1.51. The van der Waals surface area contributed by atoms with Crippen molar-refractivity contribution in [2.45, 2.75) is 6.42 Å². The smallest absolute Gasteiger partial charge is 0.331 e. The second-order valence-corrected chi connectivity index (χ2v) is 7.07. The van der Waals surface area contributed by atoms with Crippen LogP contribution in [-0.2, 0) is 20.5 Å². The molecule has 9 heteroatoms. The van der Waals surface area contributed by atoms with Gasteiger partial charge in [-0.3, -0.25) is 18.7 Å². The molecule has 2 aromatic heterocycles. The molecule has 1 amide bonds. The van der Waals surface area contributed by atoms with Crippen LogP contribution in [0.5, 0.6) is 5.75 Å². The van der Waals surface area contributed by atoms with E-state index in [0.29, 0.717) is 13.0 Å². The normalized spacial score (nSPS) is 10.7. The van der Waals surface area contributed by atoms with Crippen LogP contribution in [0.1, 0.15) is 15.5 Å². The topological polar surface area (TPSA) is 95.2 Å². The Morgan fingerprint density at radius 1 is 1.18 bits per heavy atom. The zero-order valence-corrected chi connectivity index (χ0v) is 16.6. The lowest BCUT2D eigenvalue weighted by atomic mass is 10.2. The average molecular weight is 400 g/mol. The van der Waals surface area contributed by atoms with Crippen molar-refractivity contribution in [3.63, 3.8) is 0 Å². The number of ether oxygens (including phenoxy) is 1. The zero-order chi connectivity index (χ0) is 20.3. The van der Waals surface area contributed by atoms with Crippen molar-refractivity contribution in [3.05, 3.63) is 67.3 Å². The number of hydrogen-bond acceptors (Lipinski definition) is 6. The van der Waals surface area contributed by atoms with Crippen LogP contribution in [0.2, 0.25) is 0 Å². The Labute approximate surface area is 165 Å². The van der Waals surface area contributed by atoms with E-state index in [1.54, 1.807) is 7.11 Å². The standard InChI is InChI=1S/C19H20N4O4S/c1-22-15(10-17(24)23(2)19(22)26)18(25)20-9-8-16-21-14(11-28-16)12-4-6-13(27-3)7-5-12/h4-7,10-11H,8-9H2,1-3H3,(H,20,25). The molecule has 3 aromatic rings. The minimum absolute atomic E-state index is 0.0335. The van der Waals surface area contributed by atoms with E-state index in [1.807, 2.05) is 29.6 Å². The number of carbonyl (C=O) groups excluding carboxylic acids is 1. The molecule has 28 heavy (non-hydrogen) atoms. The number of aromatic nitrogens is 3. The minimum atomic E-state index is -0.540. The Balaban J connectivity index is 1.63. The van der Waals surface area contributed by atoms with Crippen LogP contribution >= 0.6 is 11.3 Å². The van der Waals surface area contributed by atoms with Crippen LogP contribution in [0.15, 0.2) is 45.3 Å². The summed E-state index contributed by atoms with van der Waals surface area (Å²) in [6.07, 6.45) is 0.547. The second-order valence-electron chi connectivity index (χ2n) is 6.13. The number of rotatable bonds is 6. The lowest BCUT2D eigenvalue weighted by Crippen LogP contribution is -2.41. The summed E-state index contributed by atoms with van der Waals surface area (Å²) < 4.78 is 7.26. The van der Waals surface area contributed by atoms with Gasteiger partial charge < -0.3 is 10.1 Å². The predicted molar refractivity (Wildman–Crippen MR) is 107 cm³/mol. The highest BCUT2D eigenvalue weighted by molar-refractivity contribution is 7.09. The van der Waals surface area contributed by atoms with E-state index in [9.17, 15) is 14.4 Å². The molecule has 0 atom stereocenters. The van der Waals surface area contributed by atoms with Crippen molar-refractivity contribution in [3.8, 4) is 17.0 Å². The van der Waals surface area contributed by atoms with Gasteiger partial charge in [-0.25, -0.2) is 9.78 Å². The van der Waals surface area contributed by atoms with E-state index in [0.717, 1.165) is 37.2 Å². The predicted octanol–water partition coefficient (Wildman–Crippen LogP) is 1.19. The summed E-state index contributed by atoms with van der Waals surface area (Å²) in [5.41, 5.74) is 0.829. The number of carbonyl (C=O) groups is 1. The van der Waals surface area contributed by atoms with Gasteiger partial charge in [0, 0.05) is 44.1 Å². The van der Waals surface area contributed by atoms with Crippen LogP contribution in [0.4, 0.5) is 0 Å². The fourth-order valence-electron chi connectivity index (χ4n) is 2.64. The van der Waals surface area contributed by atoms with Crippen molar-refractivity contribution in [2.75, 3.05) is 13.7 Å². The molecule has 8 nitrogen and oxygen atoms in total. The van der Waals surface area contributed by atoms with Gasteiger partial charge in [0.25, 0.3) is 11.5 Å². The minimum Gasteiger partial charge on any atom is -0.497 e. The van der Waals surface area contributed by atoms with E-state index in [1.165, 1.54) is 25.4 Å². The quantitative estimate of drug-likeness (QED) is 0.671. The van der Waals surface area contributed by atoms with E-state index >= 15 is 0 Å². The molecule has 0 aliphatic heterocycles. The molecule has 0 aliphatic rings. The second kappa shape index (κ2) is 8.22. The lowest BCUT2D eigenvalue weighted by Gasteiger charge is -2.09. The SMILES string of the molecule is COc1ccc(-c2csc(CCNC(=O)c3cc(=O)n(C)c(=O)n3C)n2)cc1. The maximum atomic E-state index is 12.3. The van der Waals surface area contributed by atoms with Gasteiger partial charge in [-0.15, -0.1) is 11.3 Å². The largest absolute Gasteiger partial charge is 0.497 e. The highest BCUT2D eigenvalue weighted by Crippen LogP contribution is 2.24. The molecule has 0 radical (unpaired) electrons. The van der Waals surface area contributed by atoms with Gasteiger partial charge in [-0.05, 0) is 24.3 Å². The molecule has 3 rings (SSSR count). The van der Waals surface area contributed by atoms with Gasteiger partial charge in [0.05, 0.1) is 17.8 Å². The van der Waals surface area contributed by atoms with Gasteiger partial charge in [0.1, 0.15) is 11.4 Å². The molecule has 1 aromatic carbocycles. The monoisotopic (exact) mass is 400 g/mol. The fourth-order valence-corrected chi connectivity index (χ4v) is 3.45. The average Bonchev–Trinajstić information content (AvgIpc) is 3.18. The van der Waals surface area contributed by atoms with Crippen LogP contribution in [-0.4, -0.2) is 33.7 Å². The third-order valence-corrected chi connectivity index (χ3v) is 5.23. The first-order valence-electron chi connectivity index (χ1n) is 8.55. The molecule has 0 spiro atoms. The number of thiazole rings is 1. The summed E-state index contributed by atoms with van der Waals surface area (Å²) in [4.78, 5) is 40.6. The molecular formula is C19H20N4O4S. The van der Waals surface area contributed by atoms with Crippen LogP contribution in [0, 0.1) is 0 Å². The Morgan fingerprint density at radius 2 is 1.89 bits per heavy atom. The van der Waals surface area contributed by atoms with Crippen LogP contribution in [0.3, 0.4) is 0 Å². The molecule has 0 unspecified atom stereocenters. The first-order valence-corrected chi connectivity index (χ1v) is 9.42. The molecule has 0 fully saturated rings. The van der Waals surface area contributed by atoms with Gasteiger partial charge in [0.15, 0.2) is 0 Å². The number of amides is 1. The van der Waals surface area contributed by atoms with E-state index in [2.05, 4.69) is 10.3 Å². The highest BCUT2D eigenvalue weighted by atomic mass is 32.1. The Kier molecular flexibility index (Phi) is 5.74. The van der Waals surface area contributed by atoms with Crippen molar-refractivity contribution in [2.24, 2.45) is 14.1 Å². The Morgan fingerprint density at radius 3 is 2.57 bits per heavy atom. The van der Waals surface area contributed by atoms with Gasteiger partial charge in [0.2, 0.25) is 0 Å². The summed E-state index contributed by atoms with van der Waals surface area (Å²) in [5.74, 6) is 0.316.